The average Bonchev–Trinajstić information content (AvgIpc) is 2.52. The van der Waals surface area contributed by atoms with Crippen LogP contribution >= 0.6 is 0 Å². The van der Waals surface area contributed by atoms with Crippen molar-refractivity contribution in [1.29, 1.82) is 10.5 Å². The molecule has 0 aliphatic heterocycles. The van der Waals surface area contributed by atoms with Gasteiger partial charge in [-0.2, -0.15) is 10.5 Å². The van der Waals surface area contributed by atoms with Crippen molar-refractivity contribution in [3.63, 3.8) is 0 Å². The highest BCUT2D eigenvalue weighted by atomic mass is 14.4. The topological polar surface area (TPSA) is 47.6 Å². The fourth-order valence-corrected chi connectivity index (χ4v) is 3.35. The minimum atomic E-state index is -0.700. The van der Waals surface area contributed by atoms with Gasteiger partial charge in [0, 0.05) is 0 Å². The summed E-state index contributed by atoms with van der Waals surface area (Å²) >= 11 is 0. The molecule has 1 aliphatic carbocycles. The number of nitriles is 2. The Labute approximate surface area is 131 Å². The lowest BCUT2D eigenvalue weighted by molar-refractivity contribution is 0.391. The van der Waals surface area contributed by atoms with E-state index in [9.17, 15) is 10.5 Å². The van der Waals surface area contributed by atoms with Gasteiger partial charge in [-0.25, -0.2) is 0 Å². The summed E-state index contributed by atoms with van der Waals surface area (Å²) in [6.45, 7) is 0. The largest absolute Gasteiger partial charge is 0.197 e. The van der Waals surface area contributed by atoms with Crippen LogP contribution in [0.2, 0.25) is 0 Å². The van der Waals surface area contributed by atoms with Crippen LogP contribution < -0.4 is 0 Å². The highest BCUT2D eigenvalue weighted by Gasteiger charge is 2.28. The molecule has 1 rings (SSSR count). The second-order valence-electron chi connectivity index (χ2n) is 6.76. The van der Waals surface area contributed by atoms with E-state index in [1.165, 1.54) is 77.0 Å². The minimum absolute atomic E-state index is 0.700. The van der Waals surface area contributed by atoms with Crippen molar-refractivity contribution >= 4 is 0 Å². The Morgan fingerprint density at radius 2 is 0.667 bits per heavy atom. The average molecular weight is 288 g/mol. The standard InChI is InChI=1S/C19H32N2/c20-17-19(18-21)15-13-11-9-7-5-3-1-2-4-6-8-10-12-14-16-19/h1-16H2. The summed E-state index contributed by atoms with van der Waals surface area (Å²) in [5.41, 5.74) is -0.700. The van der Waals surface area contributed by atoms with Crippen molar-refractivity contribution in [3.8, 4) is 12.1 Å². The summed E-state index contributed by atoms with van der Waals surface area (Å²) in [4.78, 5) is 0. The lowest BCUT2D eigenvalue weighted by atomic mass is 9.80. The van der Waals surface area contributed by atoms with Crippen LogP contribution in [0.15, 0.2) is 0 Å². The van der Waals surface area contributed by atoms with Gasteiger partial charge in [0.05, 0.1) is 12.1 Å². The van der Waals surface area contributed by atoms with E-state index in [0.29, 0.717) is 0 Å². The molecular formula is C19H32N2. The van der Waals surface area contributed by atoms with Crippen molar-refractivity contribution in [2.45, 2.75) is 103 Å². The van der Waals surface area contributed by atoms with Crippen molar-refractivity contribution in [2.24, 2.45) is 5.41 Å². The maximum Gasteiger partial charge on any atom is 0.143 e. The molecule has 0 atom stereocenters. The fourth-order valence-electron chi connectivity index (χ4n) is 3.35. The molecule has 0 N–H and O–H groups in total. The van der Waals surface area contributed by atoms with Crippen molar-refractivity contribution < 1.29 is 0 Å². The van der Waals surface area contributed by atoms with Crippen LogP contribution in [0, 0.1) is 28.1 Å². The maximum absolute atomic E-state index is 9.39. The van der Waals surface area contributed by atoms with Gasteiger partial charge in [-0.15, -0.1) is 0 Å². The van der Waals surface area contributed by atoms with Gasteiger partial charge in [-0.05, 0) is 12.8 Å². The van der Waals surface area contributed by atoms with E-state index in [4.69, 9.17) is 0 Å². The zero-order valence-corrected chi connectivity index (χ0v) is 13.7. The van der Waals surface area contributed by atoms with E-state index in [-0.39, 0.29) is 0 Å². The molecule has 0 radical (unpaired) electrons. The molecule has 0 aromatic heterocycles. The molecule has 1 aliphatic rings. The molecule has 2 nitrogen and oxygen atoms in total. The summed E-state index contributed by atoms with van der Waals surface area (Å²) in [5, 5.41) is 18.8. The lowest BCUT2D eigenvalue weighted by Gasteiger charge is -2.18. The van der Waals surface area contributed by atoms with Gasteiger partial charge in [-0.1, -0.05) is 89.9 Å². The monoisotopic (exact) mass is 288 g/mol. The predicted octanol–water partition coefficient (Wildman–Crippen LogP) is 6.28. The summed E-state index contributed by atoms with van der Waals surface area (Å²) in [7, 11) is 0. The van der Waals surface area contributed by atoms with Gasteiger partial charge in [0.15, 0.2) is 0 Å². The zero-order chi connectivity index (χ0) is 15.2. The minimum Gasteiger partial charge on any atom is -0.197 e. The Balaban J connectivity index is 2.39. The Morgan fingerprint density at radius 3 is 0.905 bits per heavy atom. The summed E-state index contributed by atoms with van der Waals surface area (Å²) in [5.74, 6) is 0. The third kappa shape index (κ3) is 8.11. The molecule has 1 saturated carbocycles. The third-order valence-corrected chi connectivity index (χ3v) is 4.89. The predicted molar refractivity (Wildman–Crippen MR) is 87.5 cm³/mol. The molecule has 0 saturated heterocycles. The van der Waals surface area contributed by atoms with Gasteiger partial charge in [0.25, 0.3) is 0 Å². The smallest absolute Gasteiger partial charge is 0.143 e. The van der Waals surface area contributed by atoms with E-state index in [1.54, 1.807) is 0 Å². The Hall–Kier alpha value is -1.02. The van der Waals surface area contributed by atoms with Crippen LogP contribution in [0.25, 0.3) is 0 Å². The van der Waals surface area contributed by atoms with Crippen LogP contribution in [0.3, 0.4) is 0 Å². The highest BCUT2D eigenvalue weighted by Crippen LogP contribution is 2.30. The summed E-state index contributed by atoms with van der Waals surface area (Å²) in [6, 6.07) is 4.64. The summed E-state index contributed by atoms with van der Waals surface area (Å²) in [6.07, 6.45) is 19.5. The first-order valence-corrected chi connectivity index (χ1v) is 9.15. The molecule has 1 fully saturated rings. The van der Waals surface area contributed by atoms with E-state index < -0.39 is 5.41 Å². The van der Waals surface area contributed by atoms with Crippen LogP contribution in [0.1, 0.15) is 103 Å². The molecule has 0 aromatic carbocycles. The van der Waals surface area contributed by atoms with Crippen molar-refractivity contribution in [1.82, 2.24) is 0 Å². The first-order chi connectivity index (χ1) is 10.3. The fraction of sp³-hybridized carbons (Fsp3) is 0.895. The van der Waals surface area contributed by atoms with Gasteiger partial charge >= 0.3 is 0 Å². The Bertz CT molecular complexity index is 300. The zero-order valence-electron chi connectivity index (χ0n) is 13.7. The van der Waals surface area contributed by atoms with Crippen LogP contribution in [-0.4, -0.2) is 0 Å². The molecule has 0 spiro atoms. The molecular weight excluding hydrogens is 256 g/mol. The van der Waals surface area contributed by atoms with E-state index in [0.717, 1.165) is 25.7 Å². The molecule has 0 aromatic rings. The highest BCUT2D eigenvalue weighted by molar-refractivity contribution is 5.13. The Morgan fingerprint density at radius 1 is 0.429 bits per heavy atom. The van der Waals surface area contributed by atoms with Gasteiger partial charge in [0.1, 0.15) is 5.41 Å². The number of nitrogens with zero attached hydrogens (tertiary/aromatic N) is 2. The van der Waals surface area contributed by atoms with E-state index in [1.807, 2.05) is 0 Å². The normalized spacial score (nSPS) is 23.3. The number of hydrogen-bond acceptors (Lipinski definition) is 2. The molecule has 0 amide bonds. The molecule has 2 heteroatoms. The van der Waals surface area contributed by atoms with Crippen LogP contribution in [0.4, 0.5) is 0 Å². The van der Waals surface area contributed by atoms with Crippen LogP contribution in [-0.2, 0) is 0 Å². The first-order valence-electron chi connectivity index (χ1n) is 9.15. The third-order valence-electron chi connectivity index (χ3n) is 4.89. The van der Waals surface area contributed by atoms with E-state index in [2.05, 4.69) is 12.1 Å². The second-order valence-corrected chi connectivity index (χ2v) is 6.76. The van der Waals surface area contributed by atoms with E-state index >= 15 is 0 Å². The Kier molecular flexibility index (Phi) is 9.98. The maximum atomic E-state index is 9.39. The molecule has 0 bridgehead atoms. The van der Waals surface area contributed by atoms with Gasteiger partial charge in [-0.3, -0.25) is 0 Å². The first kappa shape index (κ1) is 18.0. The molecule has 0 unspecified atom stereocenters. The lowest BCUT2D eigenvalue weighted by Crippen LogP contribution is -2.16. The molecule has 0 heterocycles. The summed E-state index contributed by atoms with van der Waals surface area (Å²) < 4.78 is 0. The van der Waals surface area contributed by atoms with Crippen molar-refractivity contribution in [3.05, 3.63) is 0 Å². The SMILES string of the molecule is N#CC1(C#N)CCCCCCCCCCCCCCCC1. The second kappa shape index (κ2) is 11.6. The van der Waals surface area contributed by atoms with Crippen LogP contribution in [0.5, 0.6) is 0 Å². The van der Waals surface area contributed by atoms with Gasteiger partial charge < -0.3 is 0 Å². The number of hydrogen-bond donors (Lipinski definition) is 0. The quantitative estimate of drug-likeness (QED) is 0.527. The molecule has 21 heavy (non-hydrogen) atoms. The van der Waals surface area contributed by atoms with Crippen molar-refractivity contribution in [2.75, 3.05) is 0 Å². The molecule has 118 valence electrons. The van der Waals surface area contributed by atoms with Gasteiger partial charge in [0.2, 0.25) is 0 Å². The number of rotatable bonds is 0.